The van der Waals surface area contributed by atoms with E-state index in [0.29, 0.717) is 0 Å². The van der Waals surface area contributed by atoms with Crippen LogP contribution >= 0.6 is 0 Å². The van der Waals surface area contributed by atoms with Gasteiger partial charge in [-0.25, -0.2) is 0 Å². The number of carboxylic acids is 1. The summed E-state index contributed by atoms with van der Waals surface area (Å²) in [7, 11) is 4.77. The Morgan fingerprint density at radius 3 is 2.29 bits per heavy atom. The lowest BCUT2D eigenvalue weighted by atomic mass is 9.89. The van der Waals surface area contributed by atoms with Crippen LogP contribution in [0.1, 0.15) is 0 Å². The van der Waals surface area contributed by atoms with Gasteiger partial charge in [-0.1, -0.05) is 0 Å². The van der Waals surface area contributed by atoms with E-state index < -0.39 is 18.4 Å². The summed E-state index contributed by atoms with van der Waals surface area (Å²) in [5.74, 6) is -2.30. The quantitative estimate of drug-likeness (QED) is 0.438. The molecule has 1 unspecified atom stereocenters. The van der Waals surface area contributed by atoms with Crippen molar-refractivity contribution < 1.29 is 15.0 Å². The van der Waals surface area contributed by atoms with Crippen molar-refractivity contribution in [3.63, 3.8) is 0 Å². The van der Waals surface area contributed by atoms with Gasteiger partial charge in [-0.05, 0) is 0 Å². The molecule has 0 amide bonds. The SMILES string of the molecule is [B]C(CO)C(=O)O. The number of aliphatic hydroxyl groups is 1. The Kier molecular flexibility index (Phi) is 2.44. The third kappa shape index (κ3) is 2.22. The second-order valence-electron chi connectivity index (χ2n) is 1.13. The van der Waals surface area contributed by atoms with Crippen LogP contribution in [0.25, 0.3) is 0 Å². The highest BCUT2D eigenvalue weighted by Gasteiger charge is 2.06. The smallest absolute Gasteiger partial charge is 0.299 e. The predicted octanol–water partition coefficient (Wildman–Crippen LogP) is -0.980. The first-order valence-electron chi connectivity index (χ1n) is 1.77. The molecule has 0 heterocycles. The molecule has 0 fully saturated rings. The summed E-state index contributed by atoms with van der Waals surface area (Å²) >= 11 is 0. The van der Waals surface area contributed by atoms with Crippen LogP contribution in [0.5, 0.6) is 0 Å². The van der Waals surface area contributed by atoms with Crippen molar-refractivity contribution >= 4 is 13.8 Å². The van der Waals surface area contributed by atoms with Gasteiger partial charge in [0, 0.05) is 12.4 Å². The monoisotopic (exact) mass is 100 g/mol. The molecule has 0 rings (SSSR count). The molecule has 2 N–H and O–H groups in total. The molecule has 0 saturated heterocycles. The molecule has 0 spiro atoms. The van der Waals surface area contributed by atoms with E-state index in [1.807, 2.05) is 0 Å². The van der Waals surface area contributed by atoms with Gasteiger partial charge in [0.05, 0.1) is 7.85 Å². The molecule has 7 heavy (non-hydrogen) atoms. The summed E-state index contributed by atoms with van der Waals surface area (Å²) in [5, 5.41) is 15.9. The van der Waals surface area contributed by atoms with E-state index in [1.165, 1.54) is 0 Å². The molecule has 1 atom stereocenters. The number of hydrogen-bond acceptors (Lipinski definition) is 2. The highest BCUT2D eigenvalue weighted by molar-refractivity contribution is 6.22. The molecule has 4 heteroatoms. The van der Waals surface area contributed by atoms with E-state index >= 15 is 0 Å². The van der Waals surface area contributed by atoms with E-state index in [9.17, 15) is 4.79 Å². The molecule has 0 aliphatic carbocycles. The first-order chi connectivity index (χ1) is 3.18. The van der Waals surface area contributed by atoms with Crippen LogP contribution in [0.4, 0.5) is 0 Å². The van der Waals surface area contributed by atoms with E-state index in [0.717, 1.165) is 0 Å². The van der Waals surface area contributed by atoms with Crippen molar-refractivity contribution in [2.24, 2.45) is 0 Å². The second kappa shape index (κ2) is 2.63. The van der Waals surface area contributed by atoms with Crippen molar-refractivity contribution in [3.05, 3.63) is 0 Å². The first-order valence-corrected chi connectivity index (χ1v) is 1.77. The summed E-state index contributed by atoms with van der Waals surface area (Å²) in [5.41, 5.74) is 0. The summed E-state index contributed by atoms with van der Waals surface area (Å²) in [6, 6.07) is 0. The fourth-order valence-electron chi connectivity index (χ4n) is 0.0781. The number of aliphatic carboxylic acids is 1. The Morgan fingerprint density at radius 1 is 1.86 bits per heavy atom. The molecule has 38 valence electrons. The fraction of sp³-hybridized carbons (Fsp3) is 0.667. The van der Waals surface area contributed by atoms with Gasteiger partial charge in [-0.3, -0.25) is 4.79 Å². The highest BCUT2D eigenvalue weighted by Crippen LogP contribution is 1.92. The van der Waals surface area contributed by atoms with Gasteiger partial charge < -0.3 is 10.2 Å². The average Bonchev–Trinajstić information content (AvgIpc) is 1.65. The predicted molar refractivity (Wildman–Crippen MR) is 24.2 cm³/mol. The lowest BCUT2D eigenvalue weighted by Gasteiger charge is -1.96. The van der Waals surface area contributed by atoms with Crippen LogP contribution in [0.2, 0.25) is 5.82 Å². The molecule has 3 nitrogen and oxygen atoms in total. The van der Waals surface area contributed by atoms with Gasteiger partial charge in [0.1, 0.15) is 0 Å². The van der Waals surface area contributed by atoms with Gasteiger partial charge >= 0.3 is 0 Å². The number of hydrogen-bond donors (Lipinski definition) is 2. The minimum atomic E-state index is -1.18. The number of carboxylic acid groups (broad SMARTS) is 1. The molecule has 0 aliphatic rings. The van der Waals surface area contributed by atoms with Crippen LogP contribution in [0.15, 0.2) is 0 Å². The van der Waals surface area contributed by atoms with Crippen molar-refractivity contribution in [1.29, 1.82) is 0 Å². The molecule has 2 radical (unpaired) electrons. The minimum absolute atomic E-state index is 0.505. The zero-order valence-electron chi connectivity index (χ0n) is 3.66. The molecule has 0 aromatic heterocycles. The van der Waals surface area contributed by atoms with Crippen LogP contribution in [-0.2, 0) is 4.79 Å². The standard InChI is InChI=1S/C3H5BO3/c4-2(1-5)3(6)7/h2,5H,1H2,(H,6,7). The molecular formula is C3H5BO3. The van der Waals surface area contributed by atoms with E-state index in [2.05, 4.69) is 0 Å². The van der Waals surface area contributed by atoms with Crippen LogP contribution in [-0.4, -0.2) is 30.6 Å². The maximum absolute atomic E-state index is 9.65. The van der Waals surface area contributed by atoms with Crippen LogP contribution in [0.3, 0.4) is 0 Å². The summed E-state index contributed by atoms with van der Waals surface area (Å²) < 4.78 is 0. The van der Waals surface area contributed by atoms with Crippen molar-refractivity contribution in [1.82, 2.24) is 0 Å². The first kappa shape index (κ1) is 6.49. The Hall–Kier alpha value is -0.505. The van der Waals surface area contributed by atoms with Gasteiger partial charge in [0.25, 0.3) is 5.97 Å². The molecule has 0 bridgehead atoms. The largest absolute Gasteiger partial charge is 0.482 e. The third-order valence-corrected chi connectivity index (χ3v) is 0.514. The lowest BCUT2D eigenvalue weighted by molar-refractivity contribution is -0.137. The maximum Gasteiger partial charge on any atom is 0.299 e. The molecule has 0 aromatic rings. The Bertz CT molecular complexity index is 72.6. The minimum Gasteiger partial charge on any atom is -0.482 e. The number of carbonyl (C=O) groups is 1. The van der Waals surface area contributed by atoms with Gasteiger partial charge in [0.2, 0.25) is 0 Å². The second-order valence-corrected chi connectivity index (χ2v) is 1.13. The van der Waals surface area contributed by atoms with Gasteiger partial charge in [-0.2, -0.15) is 0 Å². The Morgan fingerprint density at radius 2 is 2.29 bits per heavy atom. The Balaban J connectivity index is 3.34. The normalized spacial score (nSPS) is 13.3. The average molecular weight is 99.9 g/mol. The number of aliphatic hydroxyl groups excluding tert-OH is 1. The lowest BCUT2D eigenvalue weighted by Crippen LogP contribution is -2.10. The zero-order chi connectivity index (χ0) is 5.86. The van der Waals surface area contributed by atoms with Crippen molar-refractivity contribution in [2.75, 3.05) is 6.61 Å². The summed E-state index contributed by atoms with van der Waals surface area (Å²) in [6.07, 6.45) is 0. The molecular weight excluding hydrogens is 94.8 g/mol. The van der Waals surface area contributed by atoms with Crippen LogP contribution in [0, 0.1) is 0 Å². The summed E-state index contributed by atoms with van der Waals surface area (Å²) in [6.45, 7) is -0.505. The topological polar surface area (TPSA) is 57.5 Å². The highest BCUT2D eigenvalue weighted by atomic mass is 16.4. The molecule has 0 saturated carbocycles. The van der Waals surface area contributed by atoms with Crippen LogP contribution < -0.4 is 0 Å². The summed E-state index contributed by atoms with van der Waals surface area (Å²) in [4.78, 5) is 9.65. The zero-order valence-corrected chi connectivity index (χ0v) is 3.66. The maximum atomic E-state index is 9.65. The number of rotatable bonds is 2. The van der Waals surface area contributed by atoms with Crippen molar-refractivity contribution in [3.8, 4) is 0 Å². The van der Waals surface area contributed by atoms with E-state index in [-0.39, 0.29) is 0 Å². The molecule has 0 aromatic carbocycles. The van der Waals surface area contributed by atoms with Crippen molar-refractivity contribution in [2.45, 2.75) is 5.82 Å². The Labute approximate surface area is 42.4 Å². The van der Waals surface area contributed by atoms with E-state index in [1.54, 1.807) is 0 Å². The van der Waals surface area contributed by atoms with Gasteiger partial charge in [-0.15, -0.1) is 0 Å². The van der Waals surface area contributed by atoms with Gasteiger partial charge in [0.15, 0.2) is 0 Å². The fourth-order valence-corrected chi connectivity index (χ4v) is 0.0781. The van der Waals surface area contributed by atoms with E-state index in [4.69, 9.17) is 18.1 Å². The molecule has 0 aliphatic heterocycles. The third-order valence-electron chi connectivity index (χ3n) is 0.514.